The Balaban J connectivity index is 1.69. The summed E-state index contributed by atoms with van der Waals surface area (Å²) >= 11 is 0. The van der Waals surface area contributed by atoms with E-state index in [1.54, 1.807) is 30.5 Å². The molecule has 23 heavy (non-hydrogen) atoms. The van der Waals surface area contributed by atoms with E-state index >= 15 is 0 Å². The van der Waals surface area contributed by atoms with Crippen molar-refractivity contribution in [2.45, 2.75) is 0 Å². The van der Waals surface area contributed by atoms with Crippen LogP contribution in [-0.2, 0) is 0 Å². The number of anilines is 1. The highest BCUT2D eigenvalue weighted by Crippen LogP contribution is 2.15. The number of nitrogens with one attached hydrogen (secondary N) is 1. The van der Waals surface area contributed by atoms with Crippen LogP contribution in [0.4, 0.5) is 5.95 Å². The molecule has 3 aromatic rings. The molecule has 6 heteroatoms. The van der Waals surface area contributed by atoms with Crippen molar-refractivity contribution >= 4 is 17.9 Å². The molecule has 0 aliphatic heterocycles. The molecule has 0 bridgehead atoms. The van der Waals surface area contributed by atoms with E-state index in [-0.39, 0.29) is 11.7 Å². The lowest BCUT2D eigenvalue weighted by Crippen LogP contribution is -2.04. The summed E-state index contributed by atoms with van der Waals surface area (Å²) in [6.45, 7) is 0. The Morgan fingerprint density at radius 3 is 2.43 bits per heavy atom. The van der Waals surface area contributed by atoms with Crippen molar-refractivity contribution in [2.75, 3.05) is 5.43 Å². The van der Waals surface area contributed by atoms with Crippen LogP contribution in [0.1, 0.15) is 10.4 Å². The van der Waals surface area contributed by atoms with Gasteiger partial charge in [-0.05, 0) is 0 Å². The van der Waals surface area contributed by atoms with Gasteiger partial charge in [0.1, 0.15) is 0 Å². The maximum atomic E-state index is 11.9. The second-order valence-electron chi connectivity index (χ2n) is 4.63. The summed E-state index contributed by atoms with van der Waals surface area (Å²) in [7, 11) is 0. The topological polar surface area (TPSA) is 80.1 Å². The Bertz CT molecular complexity index is 819. The van der Waals surface area contributed by atoms with E-state index in [4.69, 9.17) is 0 Å². The average Bonchev–Trinajstić information content (AvgIpc) is 2.63. The highest BCUT2D eigenvalue weighted by Gasteiger charge is 2.03. The molecule has 0 aliphatic carbocycles. The minimum atomic E-state index is -0.203. The third kappa shape index (κ3) is 3.82. The molecule has 112 valence electrons. The highest BCUT2D eigenvalue weighted by atomic mass is 16.1. The van der Waals surface area contributed by atoms with Crippen LogP contribution in [0.15, 0.2) is 72.0 Å². The minimum absolute atomic E-state index is 0.203. The fourth-order valence-electron chi connectivity index (χ4n) is 1.92. The average molecular weight is 303 g/mol. The van der Waals surface area contributed by atoms with Gasteiger partial charge < -0.3 is 0 Å². The molecular formula is C17H13N5O. The van der Waals surface area contributed by atoms with Crippen LogP contribution in [-0.4, -0.2) is 27.2 Å². The summed E-state index contributed by atoms with van der Waals surface area (Å²) in [4.78, 5) is 16.2. The molecule has 0 unspecified atom stereocenters. The van der Waals surface area contributed by atoms with Gasteiger partial charge in [0.15, 0.2) is 0 Å². The van der Waals surface area contributed by atoms with Crippen molar-refractivity contribution in [3.05, 3.63) is 72.4 Å². The molecule has 0 atom stereocenters. The molecule has 0 spiro atoms. The molecular weight excluding hydrogens is 290 g/mol. The van der Waals surface area contributed by atoms with Gasteiger partial charge in [0.2, 0.25) is 5.78 Å². The maximum Gasteiger partial charge on any atom is 0.263 e. The molecule has 2 aromatic carbocycles. The third-order valence-corrected chi connectivity index (χ3v) is 3.03. The summed E-state index contributed by atoms with van der Waals surface area (Å²) < 4.78 is 0. The standard InChI is InChI=1S/C17H13N5O/c23-16(14-9-5-2-6-10-14)12-19-22-17-20-15(11-18-21-17)13-7-3-1-4-8-13/h1-12H,(H,20,21,22). The first-order chi connectivity index (χ1) is 11.3. The van der Waals surface area contributed by atoms with E-state index in [0.29, 0.717) is 11.3 Å². The lowest BCUT2D eigenvalue weighted by molar-refractivity contribution is 0.107. The van der Waals surface area contributed by atoms with E-state index < -0.39 is 0 Å². The van der Waals surface area contributed by atoms with Crippen LogP contribution in [0.5, 0.6) is 0 Å². The van der Waals surface area contributed by atoms with Crippen LogP contribution < -0.4 is 5.43 Å². The zero-order chi connectivity index (χ0) is 15.9. The van der Waals surface area contributed by atoms with Gasteiger partial charge in [0, 0.05) is 11.1 Å². The second kappa shape index (κ2) is 7.04. The molecule has 3 rings (SSSR count). The summed E-state index contributed by atoms with van der Waals surface area (Å²) in [5, 5.41) is 11.6. The van der Waals surface area contributed by atoms with Crippen molar-refractivity contribution in [1.82, 2.24) is 15.2 Å². The Morgan fingerprint density at radius 1 is 1.00 bits per heavy atom. The number of hydrogen-bond donors (Lipinski definition) is 1. The summed E-state index contributed by atoms with van der Waals surface area (Å²) in [6, 6.07) is 18.5. The number of benzene rings is 2. The zero-order valence-electron chi connectivity index (χ0n) is 12.1. The third-order valence-electron chi connectivity index (χ3n) is 3.03. The number of Topliss-reactive ketones (excluding diaryl/α,β-unsaturated/α-hetero) is 1. The smallest absolute Gasteiger partial charge is 0.263 e. The van der Waals surface area contributed by atoms with E-state index in [1.165, 1.54) is 6.21 Å². The van der Waals surface area contributed by atoms with Gasteiger partial charge in [-0.3, -0.25) is 4.79 Å². The predicted molar refractivity (Wildman–Crippen MR) is 88.2 cm³/mol. The fourth-order valence-corrected chi connectivity index (χ4v) is 1.92. The van der Waals surface area contributed by atoms with Gasteiger partial charge in [0.25, 0.3) is 5.95 Å². The van der Waals surface area contributed by atoms with E-state index in [9.17, 15) is 4.79 Å². The first-order valence-corrected chi connectivity index (χ1v) is 6.96. The molecule has 1 N–H and O–H groups in total. The van der Waals surface area contributed by atoms with Gasteiger partial charge in [0.05, 0.1) is 18.1 Å². The first kappa shape index (κ1) is 14.5. The van der Waals surface area contributed by atoms with E-state index in [0.717, 1.165) is 5.56 Å². The van der Waals surface area contributed by atoms with Crippen molar-refractivity contribution in [3.63, 3.8) is 0 Å². The Labute approximate surface area is 132 Å². The van der Waals surface area contributed by atoms with Crippen molar-refractivity contribution < 1.29 is 4.79 Å². The SMILES string of the molecule is O=C(C=NNc1nncc(-c2ccccc2)n1)c1ccccc1. The number of carbonyl (C=O) groups is 1. The maximum absolute atomic E-state index is 11.9. The quantitative estimate of drug-likeness (QED) is 0.445. The number of hydrazone groups is 1. The van der Waals surface area contributed by atoms with E-state index in [2.05, 4.69) is 25.7 Å². The van der Waals surface area contributed by atoms with Gasteiger partial charge in [-0.1, -0.05) is 60.7 Å². The molecule has 0 fully saturated rings. The largest absolute Gasteiger partial charge is 0.287 e. The van der Waals surface area contributed by atoms with Crippen LogP contribution >= 0.6 is 0 Å². The van der Waals surface area contributed by atoms with Gasteiger partial charge in [-0.25, -0.2) is 10.4 Å². The van der Waals surface area contributed by atoms with Gasteiger partial charge >= 0.3 is 0 Å². The van der Waals surface area contributed by atoms with Crippen LogP contribution in [0, 0.1) is 0 Å². The minimum Gasteiger partial charge on any atom is -0.287 e. The number of ketones is 1. The fraction of sp³-hybridized carbons (Fsp3) is 0. The summed E-state index contributed by atoms with van der Waals surface area (Å²) in [5.41, 5.74) is 4.78. The molecule has 1 heterocycles. The molecule has 0 amide bonds. The summed E-state index contributed by atoms with van der Waals surface area (Å²) in [5.74, 6) is 0.0220. The van der Waals surface area contributed by atoms with Gasteiger partial charge in [-0.15, -0.1) is 5.10 Å². The van der Waals surface area contributed by atoms with E-state index in [1.807, 2.05) is 36.4 Å². The second-order valence-corrected chi connectivity index (χ2v) is 4.63. The van der Waals surface area contributed by atoms with Crippen LogP contribution in [0.3, 0.4) is 0 Å². The first-order valence-electron chi connectivity index (χ1n) is 6.96. The van der Waals surface area contributed by atoms with Crippen molar-refractivity contribution in [1.29, 1.82) is 0 Å². The molecule has 0 saturated carbocycles. The van der Waals surface area contributed by atoms with Crippen molar-refractivity contribution in [3.8, 4) is 11.3 Å². The van der Waals surface area contributed by atoms with Gasteiger partial charge in [-0.2, -0.15) is 10.2 Å². The van der Waals surface area contributed by atoms with Crippen molar-refractivity contribution in [2.24, 2.45) is 5.10 Å². The monoisotopic (exact) mass is 303 g/mol. The predicted octanol–water partition coefficient (Wildman–Crippen LogP) is 2.82. The molecule has 0 aliphatic rings. The number of aromatic nitrogens is 3. The molecule has 6 nitrogen and oxygen atoms in total. The zero-order valence-corrected chi connectivity index (χ0v) is 12.1. The Morgan fingerprint density at radius 2 is 1.70 bits per heavy atom. The molecule has 0 saturated heterocycles. The Hall–Kier alpha value is -3.41. The van der Waals surface area contributed by atoms with Crippen LogP contribution in [0.25, 0.3) is 11.3 Å². The number of hydrogen-bond acceptors (Lipinski definition) is 6. The lowest BCUT2D eigenvalue weighted by Gasteiger charge is -2.01. The molecule has 1 aromatic heterocycles. The highest BCUT2D eigenvalue weighted by molar-refractivity contribution is 6.35. The molecule has 0 radical (unpaired) electrons. The summed E-state index contributed by atoms with van der Waals surface area (Å²) in [6.07, 6.45) is 2.76. The van der Waals surface area contributed by atoms with Crippen LogP contribution in [0.2, 0.25) is 0 Å². The number of nitrogens with zero attached hydrogens (tertiary/aromatic N) is 4. The Kier molecular flexibility index (Phi) is 4.44. The normalized spacial score (nSPS) is 10.6. The lowest BCUT2D eigenvalue weighted by atomic mass is 10.1. The number of rotatable bonds is 5. The number of carbonyl (C=O) groups excluding carboxylic acids is 1.